The number of aliphatic hydroxyl groups excluding tert-OH is 1. The Morgan fingerprint density at radius 1 is 1.18 bits per heavy atom. The summed E-state index contributed by atoms with van der Waals surface area (Å²) in [6.07, 6.45) is 6.13. The van der Waals surface area contributed by atoms with Gasteiger partial charge in [0.1, 0.15) is 6.26 Å². The number of oxazole rings is 1. The smallest absolute Gasteiger partial charge is 0.258 e. The van der Waals surface area contributed by atoms with Gasteiger partial charge in [-0.1, -0.05) is 30.3 Å². The summed E-state index contributed by atoms with van der Waals surface area (Å²) >= 11 is 0. The van der Waals surface area contributed by atoms with Crippen molar-refractivity contribution in [1.82, 2.24) is 19.8 Å². The third-order valence-electron chi connectivity index (χ3n) is 7.84. The van der Waals surface area contributed by atoms with Gasteiger partial charge in [0.15, 0.2) is 6.39 Å². The van der Waals surface area contributed by atoms with Gasteiger partial charge in [0.05, 0.1) is 17.7 Å². The van der Waals surface area contributed by atoms with E-state index in [-0.39, 0.29) is 42.1 Å². The number of pyridine rings is 1. The molecule has 8 heteroatoms. The van der Waals surface area contributed by atoms with E-state index >= 15 is 0 Å². The van der Waals surface area contributed by atoms with E-state index in [1.807, 2.05) is 47.0 Å². The second-order valence-electron chi connectivity index (χ2n) is 9.63. The number of fused-ring (bicyclic) bond motifs is 4. The number of hydrogen-bond acceptors (Lipinski definition) is 6. The Labute approximate surface area is 197 Å². The van der Waals surface area contributed by atoms with Crippen molar-refractivity contribution in [3.8, 4) is 11.1 Å². The molecular formula is C26H28N4O4. The number of carbonyl (C=O) groups is 1. The maximum atomic E-state index is 13.6. The number of amides is 1. The van der Waals surface area contributed by atoms with Gasteiger partial charge in [-0.15, -0.1) is 0 Å². The molecule has 0 spiro atoms. The number of aromatic nitrogens is 2. The molecular weight excluding hydrogens is 432 g/mol. The van der Waals surface area contributed by atoms with Crippen molar-refractivity contribution in [2.45, 2.75) is 50.5 Å². The average molecular weight is 461 g/mol. The van der Waals surface area contributed by atoms with E-state index in [9.17, 15) is 14.7 Å². The maximum Gasteiger partial charge on any atom is 0.258 e. The zero-order valence-corrected chi connectivity index (χ0v) is 18.8. The van der Waals surface area contributed by atoms with E-state index in [0.717, 1.165) is 36.2 Å². The first-order chi connectivity index (χ1) is 16.7. The van der Waals surface area contributed by atoms with E-state index in [1.165, 1.54) is 6.39 Å². The van der Waals surface area contributed by atoms with Gasteiger partial charge >= 0.3 is 0 Å². The molecule has 6 rings (SSSR count). The molecule has 4 heterocycles. The lowest BCUT2D eigenvalue weighted by atomic mass is 9.85. The molecule has 1 saturated carbocycles. The van der Waals surface area contributed by atoms with Crippen LogP contribution in [0.4, 0.5) is 0 Å². The molecule has 2 bridgehead atoms. The summed E-state index contributed by atoms with van der Waals surface area (Å²) in [6, 6.07) is 13.2. The summed E-state index contributed by atoms with van der Waals surface area (Å²) in [7, 11) is 0. The molecule has 3 aromatic rings. The second kappa shape index (κ2) is 8.52. The summed E-state index contributed by atoms with van der Waals surface area (Å²) in [5, 5.41) is 13.6. The fourth-order valence-corrected chi connectivity index (χ4v) is 5.93. The quantitative estimate of drug-likeness (QED) is 0.586. The normalized spacial score (nSPS) is 26.1. The number of nitrogens with one attached hydrogen (secondary N) is 1. The van der Waals surface area contributed by atoms with Crippen molar-refractivity contribution in [2.24, 2.45) is 11.8 Å². The number of aliphatic hydroxyl groups is 1. The van der Waals surface area contributed by atoms with Crippen LogP contribution in [-0.2, 0) is 17.9 Å². The Bertz CT molecular complexity index is 1240. The van der Waals surface area contributed by atoms with Gasteiger partial charge in [-0.2, -0.15) is 0 Å². The lowest BCUT2D eigenvalue weighted by Gasteiger charge is -2.38. The SMILES string of the molecule is O=C(NC1CCC1)[C@@H]1[C@@H](CO)[C@@H]2Cn3c(ccc(-c4ccccc4)c3=O)[C@H]1N2Cc1cocn1. The molecule has 3 aliphatic rings. The predicted molar refractivity (Wildman–Crippen MR) is 125 cm³/mol. The Balaban J connectivity index is 1.44. The van der Waals surface area contributed by atoms with Gasteiger partial charge in [-0.25, -0.2) is 4.98 Å². The minimum atomic E-state index is -0.446. The van der Waals surface area contributed by atoms with Gasteiger partial charge in [0, 0.05) is 49.0 Å². The van der Waals surface area contributed by atoms with Crippen LogP contribution in [0, 0.1) is 11.8 Å². The van der Waals surface area contributed by atoms with Gasteiger partial charge in [-0.3, -0.25) is 14.5 Å². The van der Waals surface area contributed by atoms with Crippen LogP contribution < -0.4 is 10.9 Å². The number of carbonyl (C=O) groups excluding carboxylic acids is 1. The topological polar surface area (TPSA) is 101 Å². The lowest BCUT2D eigenvalue weighted by Crippen LogP contribution is -2.47. The molecule has 1 aromatic carbocycles. The molecule has 4 atom stereocenters. The van der Waals surface area contributed by atoms with Crippen LogP contribution >= 0.6 is 0 Å². The highest BCUT2D eigenvalue weighted by molar-refractivity contribution is 5.81. The molecule has 0 radical (unpaired) electrons. The van der Waals surface area contributed by atoms with Crippen molar-refractivity contribution in [2.75, 3.05) is 6.61 Å². The van der Waals surface area contributed by atoms with Crippen LogP contribution in [0.1, 0.15) is 36.7 Å². The van der Waals surface area contributed by atoms with Crippen LogP contribution in [0.3, 0.4) is 0 Å². The average Bonchev–Trinajstić information content (AvgIpc) is 3.41. The van der Waals surface area contributed by atoms with Crippen molar-refractivity contribution >= 4 is 5.91 Å². The molecule has 0 unspecified atom stereocenters. The summed E-state index contributed by atoms with van der Waals surface area (Å²) in [6.45, 7) is 0.791. The number of rotatable bonds is 6. The van der Waals surface area contributed by atoms with Crippen LogP contribution in [-0.4, -0.2) is 44.2 Å². The van der Waals surface area contributed by atoms with Crippen LogP contribution in [0.15, 0.2) is 64.3 Å². The summed E-state index contributed by atoms with van der Waals surface area (Å²) in [5.41, 5.74) is 3.04. The molecule has 8 nitrogen and oxygen atoms in total. The van der Waals surface area contributed by atoms with Gasteiger partial charge in [0.25, 0.3) is 5.56 Å². The van der Waals surface area contributed by atoms with Crippen LogP contribution in [0.25, 0.3) is 11.1 Å². The largest absolute Gasteiger partial charge is 0.451 e. The van der Waals surface area contributed by atoms with Crippen molar-refractivity contribution in [3.63, 3.8) is 0 Å². The van der Waals surface area contributed by atoms with Crippen LogP contribution in [0.5, 0.6) is 0 Å². The number of nitrogens with zero attached hydrogens (tertiary/aromatic N) is 3. The van der Waals surface area contributed by atoms with E-state index in [2.05, 4.69) is 15.2 Å². The third kappa shape index (κ3) is 3.40. The zero-order chi connectivity index (χ0) is 23.2. The molecule has 176 valence electrons. The van der Waals surface area contributed by atoms with Gasteiger partial charge < -0.3 is 19.4 Å². The Hall–Kier alpha value is -3.23. The summed E-state index contributed by atoms with van der Waals surface area (Å²) in [4.78, 5) is 33.6. The second-order valence-corrected chi connectivity index (χ2v) is 9.63. The Morgan fingerprint density at radius 2 is 2.00 bits per heavy atom. The summed E-state index contributed by atoms with van der Waals surface area (Å²) in [5.74, 6) is -0.760. The highest BCUT2D eigenvalue weighted by Gasteiger charge is 2.56. The van der Waals surface area contributed by atoms with Gasteiger partial charge in [-0.05, 0) is 37.0 Å². The third-order valence-corrected chi connectivity index (χ3v) is 7.84. The Kier molecular flexibility index (Phi) is 5.34. The first-order valence-corrected chi connectivity index (χ1v) is 12.0. The molecule has 1 saturated heterocycles. The van der Waals surface area contributed by atoms with Crippen molar-refractivity contribution < 1.29 is 14.3 Å². The first kappa shape index (κ1) is 21.3. The zero-order valence-electron chi connectivity index (χ0n) is 18.8. The predicted octanol–water partition coefficient (Wildman–Crippen LogP) is 2.34. The van der Waals surface area contributed by atoms with Crippen molar-refractivity contribution in [1.29, 1.82) is 0 Å². The molecule has 2 fully saturated rings. The van der Waals surface area contributed by atoms with E-state index in [1.54, 1.807) is 6.26 Å². The standard InChI is InChI=1S/C26H28N4O4/c31-13-20-22-12-30-21(10-9-19(26(30)33)16-5-2-1-3-6-16)24(29(22)11-18-14-34-15-27-18)23(20)25(32)28-17-7-4-8-17/h1-3,5-6,9-10,14-15,17,20,22-24,31H,4,7-8,11-13H2,(H,28,32)/t20-,22-,23+,24+/m0/s1. The van der Waals surface area contributed by atoms with Crippen LogP contribution in [0.2, 0.25) is 0 Å². The maximum absolute atomic E-state index is 13.6. The molecule has 2 aromatic heterocycles. The molecule has 1 aliphatic carbocycles. The monoisotopic (exact) mass is 460 g/mol. The minimum Gasteiger partial charge on any atom is -0.451 e. The number of hydrogen-bond donors (Lipinski definition) is 2. The van der Waals surface area contributed by atoms with Gasteiger partial charge in [0.2, 0.25) is 5.91 Å². The molecule has 1 amide bonds. The highest BCUT2D eigenvalue weighted by Crippen LogP contribution is 2.49. The first-order valence-electron chi connectivity index (χ1n) is 12.0. The molecule has 2 N–H and O–H groups in total. The molecule has 34 heavy (non-hydrogen) atoms. The van der Waals surface area contributed by atoms with E-state index in [0.29, 0.717) is 18.7 Å². The summed E-state index contributed by atoms with van der Waals surface area (Å²) < 4.78 is 7.00. The van der Waals surface area contributed by atoms with Crippen molar-refractivity contribution in [3.05, 3.63) is 76.9 Å². The lowest BCUT2D eigenvalue weighted by molar-refractivity contribution is -0.128. The minimum absolute atomic E-state index is 0.0329. The van der Waals surface area contributed by atoms with E-state index < -0.39 is 5.92 Å². The Morgan fingerprint density at radius 3 is 2.68 bits per heavy atom. The fraction of sp³-hybridized carbons (Fsp3) is 0.423. The fourth-order valence-electron chi connectivity index (χ4n) is 5.93. The number of benzene rings is 1. The highest BCUT2D eigenvalue weighted by atomic mass is 16.3. The molecule has 2 aliphatic heterocycles. The van der Waals surface area contributed by atoms with E-state index in [4.69, 9.17) is 4.42 Å².